The van der Waals surface area contributed by atoms with Crippen molar-refractivity contribution in [2.45, 2.75) is 52.0 Å². The van der Waals surface area contributed by atoms with Gasteiger partial charge in [-0.2, -0.15) is 0 Å². The van der Waals surface area contributed by atoms with Gasteiger partial charge in [0.05, 0.1) is 0 Å². The maximum Gasteiger partial charge on any atom is 0.0470 e. The second-order valence-electron chi connectivity index (χ2n) is 6.11. The van der Waals surface area contributed by atoms with Gasteiger partial charge in [-0.1, -0.05) is 51.0 Å². The van der Waals surface area contributed by atoms with Crippen LogP contribution < -0.4 is 5.73 Å². The first-order chi connectivity index (χ1) is 9.78. The number of nitrogens with zero attached hydrogens (tertiary/aromatic N) is 1. The van der Waals surface area contributed by atoms with Crippen molar-refractivity contribution in [2.24, 2.45) is 11.7 Å². The zero-order valence-electron chi connectivity index (χ0n) is 13.1. The van der Waals surface area contributed by atoms with E-state index < -0.39 is 0 Å². The van der Waals surface area contributed by atoms with Gasteiger partial charge >= 0.3 is 0 Å². The zero-order chi connectivity index (χ0) is 14.4. The van der Waals surface area contributed by atoms with Crippen LogP contribution in [0.2, 0.25) is 0 Å². The maximum absolute atomic E-state index is 6.06. The lowest BCUT2D eigenvalue weighted by Crippen LogP contribution is -2.39. The number of nitrogens with two attached hydrogens (primary N) is 1. The van der Waals surface area contributed by atoms with Crippen molar-refractivity contribution in [2.75, 3.05) is 19.6 Å². The quantitative estimate of drug-likeness (QED) is 0.856. The Balaban J connectivity index is 1.97. The Morgan fingerprint density at radius 3 is 2.30 bits per heavy atom. The van der Waals surface area contributed by atoms with E-state index in [-0.39, 0.29) is 0 Å². The van der Waals surface area contributed by atoms with E-state index in [4.69, 9.17) is 5.73 Å². The normalized spacial score (nSPS) is 19.1. The summed E-state index contributed by atoms with van der Waals surface area (Å²) in [6, 6.07) is 9.45. The number of piperidine rings is 1. The maximum atomic E-state index is 6.06. The van der Waals surface area contributed by atoms with Crippen LogP contribution in [-0.2, 0) is 6.42 Å². The summed E-state index contributed by atoms with van der Waals surface area (Å²) in [5.74, 6) is 0.942. The standard InChI is InChI=1S/C18H30N2/c1-3-5-16-10-12-20(13-11-16)18(14-19)17-8-6-15(4-2)7-9-17/h6-9,16,18H,3-5,10-14,19H2,1-2H3. The summed E-state index contributed by atoms with van der Waals surface area (Å²) in [5, 5.41) is 0. The minimum absolute atomic E-state index is 0.406. The SMILES string of the molecule is CCCC1CCN(C(CN)c2ccc(CC)cc2)CC1. The third kappa shape index (κ3) is 3.83. The lowest BCUT2D eigenvalue weighted by atomic mass is 9.90. The number of hydrogen-bond acceptors (Lipinski definition) is 2. The minimum Gasteiger partial charge on any atom is -0.329 e. The molecule has 1 heterocycles. The van der Waals surface area contributed by atoms with Crippen molar-refractivity contribution in [1.82, 2.24) is 4.90 Å². The Hall–Kier alpha value is -0.860. The number of hydrogen-bond donors (Lipinski definition) is 1. The average Bonchev–Trinajstić information content (AvgIpc) is 2.51. The fraction of sp³-hybridized carbons (Fsp3) is 0.667. The highest BCUT2D eigenvalue weighted by atomic mass is 15.2. The predicted molar refractivity (Wildman–Crippen MR) is 86.8 cm³/mol. The lowest BCUT2D eigenvalue weighted by Gasteiger charge is -2.37. The van der Waals surface area contributed by atoms with Gasteiger partial charge in [-0.15, -0.1) is 0 Å². The Morgan fingerprint density at radius 2 is 1.80 bits per heavy atom. The van der Waals surface area contributed by atoms with E-state index in [1.54, 1.807) is 0 Å². The minimum atomic E-state index is 0.406. The first-order valence-corrected chi connectivity index (χ1v) is 8.31. The molecule has 1 unspecified atom stereocenters. The highest BCUT2D eigenvalue weighted by molar-refractivity contribution is 5.25. The van der Waals surface area contributed by atoms with E-state index in [9.17, 15) is 0 Å². The Bertz CT molecular complexity index is 377. The van der Waals surface area contributed by atoms with Crippen LogP contribution >= 0.6 is 0 Å². The van der Waals surface area contributed by atoms with Crippen LogP contribution in [0, 0.1) is 5.92 Å². The Labute approximate surface area is 124 Å². The van der Waals surface area contributed by atoms with E-state index in [0.717, 1.165) is 18.9 Å². The largest absolute Gasteiger partial charge is 0.329 e. The molecule has 0 aliphatic carbocycles. The third-order valence-corrected chi connectivity index (χ3v) is 4.78. The highest BCUT2D eigenvalue weighted by Crippen LogP contribution is 2.28. The highest BCUT2D eigenvalue weighted by Gasteiger charge is 2.24. The molecule has 112 valence electrons. The van der Waals surface area contributed by atoms with Gasteiger partial charge in [-0.25, -0.2) is 0 Å². The average molecular weight is 274 g/mol. The summed E-state index contributed by atoms with van der Waals surface area (Å²) in [7, 11) is 0. The van der Waals surface area contributed by atoms with Crippen LogP contribution in [0.15, 0.2) is 24.3 Å². The molecule has 2 heteroatoms. The number of likely N-dealkylation sites (tertiary alicyclic amines) is 1. The molecule has 2 nitrogen and oxygen atoms in total. The molecule has 0 radical (unpaired) electrons. The van der Waals surface area contributed by atoms with Crippen LogP contribution in [0.3, 0.4) is 0 Å². The van der Waals surface area contributed by atoms with E-state index in [2.05, 4.69) is 43.0 Å². The molecule has 0 amide bonds. The van der Waals surface area contributed by atoms with Crippen molar-refractivity contribution in [3.63, 3.8) is 0 Å². The molecule has 0 spiro atoms. The van der Waals surface area contributed by atoms with Crippen molar-refractivity contribution in [3.05, 3.63) is 35.4 Å². The van der Waals surface area contributed by atoms with Gasteiger partial charge in [0.1, 0.15) is 0 Å². The van der Waals surface area contributed by atoms with Gasteiger partial charge in [0.25, 0.3) is 0 Å². The number of rotatable bonds is 6. The molecule has 1 fully saturated rings. The topological polar surface area (TPSA) is 29.3 Å². The Morgan fingerprint density at radius 1 is 1.15 bits per heavy atom. The molecule has 20 heavy (non-hydrogen) atoms. The van der Waals surface area contributed by atoms with Gasteiger partial charge < -0.3 is 5.73 Å². The molecule has 0 bridgehead atoms. The van der Waals surface area contributed by atoms with Crippen molar-refractivity contribution >= 4 is 0 Å². The van der Waals surface area contributed by atoms with E-state index in [1.165, 1.54) is 49.9 Å². The Kier molecular flexibility index (Phi) is 6.06. The summed E-state index contributed by atoms with van der Waals surface area (Å²) in [4.78, 5) is 2.59. The molecule has 0 saturated carbocycles. The summed E-state index contributed by atoms with van der Waals surface area (Å²) in [5.41, 5.74) is 8.85. The molecule has 1 aromatic rings. The molecule has 1 atom stereocenters. The lowest BCUT2D eigenvalue weighted by molar-refractivity contribution is 0.132. The van der Waals surface area contributed by atoms with Crippen LogP contribution in [0.4, 0.5) is 0 Å². The zero-order valence-corrected chi connectivity index (χ0v) is 13.1. The molecule has 1 aromatic carbocycles. The van der Waals surface area contributed by atoms with Crippen molar-refractivity contribution < 1.29 is 0 Å². The second kappa shape index (κ2) is 7.80. The van der Waals surface area contributed by atoms with Gasteiger partial charge in [-0.05, 0) is 49.4 Å². The number of benzene rings is 1. The monoisotopic (exact) mass is 274 g/mol. The van der Waals surface area contributed by atoms with Crippen molar-refractivity contribution in [1.29, 1.82) is 0 Å². The van der Waals surface area contributed by atoms with Gasteiger partial charge in [0.15, 0.2) is 0 Å². The smallest absolute Gasteiger partial charge is 0.0470 e. The van der Waals surface area contributed by atoms with Crippen LogP contribution in [0.5, 0.6) is 0 Å². The summed E-state index contributed by atoms with van der Waals surface area (Å²) < 4.78 is 0. The summed E-state index contributed by atoms with van der Waals surface area (Å²) >= 11 is 0. The molecule has 1 aliphatic rings. The molecular formula is C18H30N2. The van der Waals surface area contributed by atoms with E-state index in [1.807, 2.05) is 0 Å². The van der Waals surface area contributed by atoms with E-state index >= 15 is 0 Å². The fourth-order valence-corrected chi connectivity index (χ4v) is 3.43. The molecule has 1 saturated heterocycles. The van der Waals surface area contributed by atoms with Gasteiger partial charge in [0.2, 0.25) is 0 Å². The molecule has 1 aliphatic heterocycles. The van der Waals surface area contributed by atoms with Gasteiger partial charge in [0, 0.05) is 12.6 Å². The first kappa shape index (κ1) is 15.5. The first-order valence-electron chi connectivity index (χ1n) is 8.31. The van der Waals surface area contributed by atoms with E-state index in [0.29, 0.717) is 6.04 Å². The summed E-state index contributed by atoms with van der Waals surface area (Å²) in [6.45, 7) is 7.65. The van der Waals surface area contributed by atoms with Gasteiger partial charge in [-0.3, -0.25) is 4.90 Å². The molecule has 2 rings (SSSR count). The third-order valence-electron chi connectivity index (χ3n) is 4.78. The molecular weight excluding hydrogens is 244 g/mol. The molecule has 0 aromatic heterocycles. The molecule has 2 N–H and O–H groups in total. The summed E-state index contributed by atoms with van der Waals surface area (Å²) in [6.07, 6.45) is 6.51. The van der Waals surface area contributed by atoms with Crippen LogP contribution in [0.1, 0.15) is 56.7 Å². The number of aryl methyl sites for hydroxylation is 1. The van der Waals surface area contributed by atoms with Crippen LogP contribution in [0.25, 0.3) is 0 Å². The van der Waals surface area contributed by atoms with Crippen LogP contribution in [-0.4, -0.2) is 24.5 Å². The second-order valence-corrected chi connectivity index (χ2v) is 6.11. The van der Waals surface area contributed by atoms with Crippen molar-refractivity contribution in [3.8, 4) is 0 Å². The predicted octanol–water partition coefficient (Wildman–Crippen LogP) is 3.76. The fourth-order valence-electron chi connectivity index (χ4n) is 3.43.